The van der Waals surface area contributed by atoms with Crippen LogP contribution in [0.2, 0.25) is 0 Å². The van der Waals surface area contributed by atoms with Crippen molar-refractivity contribution in [2.24, 2.45) is 0 Å². The van der Waals surface area contributed by atoms with E-state index in [2.05, 4.69) is 48.0 Å². The van der Waals surface area contributed by atoms with E-state index in [9.17, 15) is 0 Å². The van der Waals surface area contributed by atoms with Crippen LogP contribution in [0.15, 0.2) is 22.0 Å². The van der Waals surface area contributed by atoms with E-state index in [1.807, 2.05) is 0 Å². The number of aryl methyl sites for hydroxylation is 2. The molecule has 0 aliphatic rings. The molecular formula is C10H9BrS. The van der Waals surface area contributed by atoms with Gasteiger partial charge >= 0.3 is 0 Å². The van der Waals surface area contributed by atoms with E-state index in [0.29, 0.717) is 0 Å². The molecular weight excluding hydrogens is 232 g/mol. The van der Waals surface area contributed by atoms with Gasteiger partial charge in [0.05, 0.1) is 3.79 Å². The van der Waals surface area contributed by atoms with Crippen LogP contribution >= 0.6 is 27.3 Å². The minimum Gasteiger partial charge on any atom is -0.128 e. The molecule has 0 aliphatic heterocycles. The van der Waals surface area contributed by atoms with Gasteiger partial charge in [0.25, 0.3) is 0 Å². The minimum atomic E-state index is 1.25. The molecule has 0 bridgehead atoms. The van der Waals surface area contributed by atoms with Crippen molar-refractivity contribution >= 4 is 37.4 Å². The zero-order valence-electron chi connectivity index (χ0n) is 7.02. The lowest BCUT2D eigenvalue weighted by molar-refractivity contribution is 1.49. The second-order valence-electron chi connectivity index (χ2n) is 3.00. The SMILES string of the molecule is Cc1ccc2sc(Br)c(C)c2c1. The van der Waals surface area contributed by atoms with Gasteiger partial charge in [0.2, 0.25) is 0 Å². The minimum absolute atomic E-state index is 1.25. The predicted octanol–water partition coefficient (Wildman–Crippen LogP) is 4.28. The molecule has 0 aliphatic carbocycles. The molecule has 0 amide bonds. The second-order valence-corrected chi connectivity index (χ2v) is 5.37. The Hall–Kier alpha value is -0.340. The van der Waals surface area contributed by atoms with Gasteiger partial charge in [-0.05, 0) is 46.8 Å². The van der Waals surface area contributed by atoms with Crippen molar-refractivity contribution in [2.75, 3.05) is 0 Å². The van der Waals surface area contributed by atoms with Crippen LogP contribution in [-0.2, 0) is 0 Å². The van der Waals surface area contributed by atoms with Crippen LogP contribution in [0.5, 0.6) is 0 Å². The molecule has 0 nitrogen and oxygen atoms in total. The summed E-state index contributed by atoms with van der Waals surface area (Å²) in [6.07, 6.45) is 0. The van der Waals surface area contributed by atoms with E-state index in [4.69, 9.17) is 0 Å². The highest BCUT2D eigenvalue weighted by Gasteiger charge is 2.04. The van der Waals surface area contributed by atoms with Crippen molar-refractivity contribution in [1.29, 1.82) is 0 Å². The summed E-state index contributed by atoms with van der Waals surface area (Å²) in [6, 6.07) is 6.59. The Morgan fingerprint density at radius 3 is 2.75 bits per heavy atom. The summed E-state index contributed by atoms with van der Waals surface area (Å²) in [5, 5.41) is 1.38. The van der Waals surface area contributed by atoms with Gasteiger partial charge in [0, 0.05) is 4.70 Å². The van der Waals surface area contributed by atoms with E-state index in [-0.39, 0.29) is 0 Å². The van der Waals surface area contributed by atoms with Crippen molar-refractivity contribution in [3.05, 3.63) is 33.1 Å². The normalized spacial score (nSPS) is 10.9. The van der Waals surface area contributed by atoms with Crippen LogP contribution in [0.1, 0.15) is 11.1 Å². The Labute approximate surface area is 84.4 Å². The third kappa shape index (κ3) is 1.19. The zero-order valence-corrected chi connectivity index (χ0v) is 9.42. The lowest BCUT2D eigenvalue weighted by Gasteiger charge is -1.93. The fourth-order valence-electron chi connectivity index (χ4n) is 1.30. The molecule has 0 spiro atoms. The van der Waals surface area contributed by atoms with E-state index in [1.54, 1.807) is 11.3 Å². The summed E-state index contributed by atoms with van der Waals surface area (Å²) in [5.41, 5.74) is 2.69. The van der Waals surface area contributed by atoms with Crippen LogP contribution in [0.3, 0.4) is 0 Å². The first-order valence-electron chi connectivity index (χ1n) is 3.84. The van der Waals surface area contributed by atoms with Crippen LogP contribution in [-0.4, -0.2) is 0 Å². The molecule has 1 aromatic heterocycles. The molecule has 2 heteroatoms. The van der Waals surface area contributed by atoms with Gasteiger partial charge in [-0.3, -0.25) is 0 Å². The molecule has 0 saturated heterocycles. The van der Waals surface area contributed by atoms with E-state index >= 15 is 0 Å². The van der Waals surface area contributed by atoms with Gasteiger partial charge < -0.3 is 0 Å². The fraction of sp³-hybridized carbons (Fsp3) is 0.200. The predicted molar refractivity (Wildman–Crippen MR) is 59.0 cm³/mol. The number of thiophene rings is 1. The first kappa shape index (κ1) is 8.27. The molecule has 0 atom stereocenters. The number of hydrogen-bond donors (Lipinski definition) is 0. The largest absolute Gasteiger partial charge is 0.128 e. The third-order valence-electron chi connectivity index (χ3n) is 2.03. The Bertz CT molecular complexity index is 429. The van der Waals surface area contributed by atoms with Crippen LogP contribution < -0.4 is 0 Å². The summed E-state index contributed by atoms with van der Waals surface area (Å²) < 4.78 is 2.62. The Morgan fingerprint density at radius 2 is 2.00 bits per heavy atom. The molecule has 0 fully saturated rings. The van der Waals surface area contributed by atoms with Gasteiger partial charge in [-0.1, -0.05) is 17.7 Å². The smallest absolute Gasteiger partial charge is 0.0740 e. The van der Waals surface area contributed by atoms with Gasteiger partial charge in [-0.2, -0.15) is 0 Å². The molecule has 2 aromatic rings. The summed E-state index contributed by atoms with van der Waals surface area (Å²) in [5.74, 6) is 0. The molecule has 0 N–H and O–H groups in total. The number of rotatable bonds is 0. The van der Waals surface area contributed by atoms with Crippen molar-refractivity contribution < 1.29 is 0 Å². The van der Waals surface area contributed by atoms with E-state index < -0.39 is 0 Å². The van der Waals surface area contributed by atoms with Gasteiger partial charge in [0.1, 0.15) is 0 Å². The quantitative estimate of drug-likeness (QED) is 0.645. The highest BCUT2D eigenvalue weighted by Crippen LogP contribution is 2.34. The molecule has 1 aromatic carbocycles. The van der Waals surface area contributed by atoms with Crippen LogP contribution in [0, 0.1) is 13.8 Å². The molecule has 62 valence electrons. The topological polar surface area (TPSA) is 0 Å². The molecule has 0 saturated carbocycles. The first-order chi connectivity index (χ1) is 5.68. The Kier molecular flexibility index (Phi) is 1.97. The summed E-state index contributed by atoms with van der Waals surface area (Å²) in [6.45, 7) is 4.28. The number of fused-ring (bicyclic) bond motifs is 1. The molecule has 0 unspecified atom stereocenters. The standard InChI is InChI=1S/C10H9BrS/c1-6-3-4-9-8(5-6)7(2)10(11)12-9/h3-5H,1-2H3. The lowest BCUT2D eigenvalue weighted by atomic mass is 10.1. The highest BCUT2D eigenvalue weighted by molar-refractivity contribution is 9.11. The lowest BCUT2D eigenvalue weighted by Crippen LogP contribution is -1.71. The van der Waals surface area contributed by atoms with Crippen molar-refractivity contribution in [2.45, 2.75) is 13.8 Å². The Balaban J connectivity index is 2.88. The summed E-state index contributed by atoms with van der Waals surface area (Å²) in [7, 11) is 0. The number of benzene rings is 1. The average Bonchev–Trinajstić information content (AvgIpc) is 2.31. The molecule has 12 heavy (non-hydrogen) atoms. The van der Waals surface area contributed by atoms with Crippen molar-refractivity contribution in [1.82, 2.24) is 0 Å². The van der Waals surface area contributed by atoms with Crippen LogP contribution in [0.4, 0.5) is 0 Å². The third-order valence-corrected chi connectivity index (χ3v) is 4.18. The zero-order chi connectivity index (χ0) is 8.72. The summed E-state index contributed by atoms with van der Waals surface area (Å²) in [4.78, 5) is 0. The maximum Gasteiger partial charge on any atom is 0.0740 e. The second kappa shape index (κ2) is 2.86. The molecule has 0 radical (unpaired) electrons. The summed E-state index contributed by atoms with van der Waals surface area (Å²) >= 11 is 5.36. The highest BCUT2D eigenvalue weighted by atomic mass is 79.9. The molecule has 1 heterocycles. The average molecular weight is 241 g/mol. The van der Waals surface area contributed by atoms with E-state index in [0.717, 1.165) is 0 Å². The van der Waals surface area contributed by atoms with Gasteiger partial charge in [-0.15, -0.1) is 11.3 Å². The number of halogens is 1. The van der Waals surface area contributed by atoms with Crippen LogP contribution in [0.25, 0.3) is 10.1 Å². The van der Waals surface area contributed by atoms with E-state index in [1.165, 1.54) is 25.0 Å². The Morgan fingerprint density at radius 1 is 1.25 bits per heavy atom. The van der Waals surface area contributed by atoms with Crippen molar-refractivity contribution in [3.8, 4) is 0 Å². The fourth-order valence-corrected chi connectivity index (χ4v) is 2.96. The van der Waals surface area contributed by atoms with Crippen molar-refractivity contribution in [3.63, 3.8) is 0 Å². The first-order valence-corrected chi connectivity index (χ1v) is 5.44. The number of hydrogen-bond acceptors (Lipinski definition) is 1. The monoisotopic (exact) mass is 240 g/mol. The van der Waals surface area contributed by atoms with Gasteiger partial charge in [0.15, 0.2) is 0 Å². The maximum absolute atomic E-state index is 3.55. The maximum atomic E-state index is 3.55. The van der Waals surface area contributed by atoms with Gasteiger partial charge in [-0.25, -0.2) is 0 Å². The molecule has 2 rings (SSSR count).